The molecule has 2 saturated carbocycles. The van der Waals surface area contributed by atoms with Gasteiger partial charge in [-0.15, -0.1) is 0 Å². The lowest BCUT2D eigenvalue weighted by molar-refractivity contribution is 0.189. The molecule has 0 aromatic carbocycles. The molecule has 0 radical (unpaired) electrons. The number of hydrogen-bond donors (Lipinski definition) is 3. The van der Waals surface area contributed by atoms with E-state index in [1.54, 1.807) is 0 Å². The standard InChI is InChI=1S/C15H30N4/c1-18-15-4-10(2-3-14(15)17)7-19-8-11-5-13(16)6-12(11)9-19/h10-15,18H,2-9,16-17H2,1H3/t10?,11-,12+,13?,14-,15-/m1/s1. The van der Waals surface area contributed by atoms with Crippen LogP contribution in [0.15, 0.2) is 0 Å². The fourth-order valence-electron chi connectivity index (χ4n) is 4.74. The van der Waals surface area contributed by atoms with Gasteiger partial charge < -0.3 is 21.7 Å². The lowest BCUT2D eigenvalue weighted by Crippen LogP contribution is -2.49. The molecule has 0 aromatic heterocycles. The van der Waals surface area contributed by atoms with Crippen LogP contribution in [0.2, 0.25) is 0 Å². The van der Waals surface area contributed by atoms with Crippen molar-refractivity contribution in [3.05, 3.63) is 0 Å². The van der Waals surface area contributed by atoms with Gasteiger partial charge in [-0.25, -0.2) is 0 Å². The van der Waals surface area contributed by atoms with Crippen LogP contribution in [0.1, 0.15) is 32.1 Å². The van der Waals surface area contributed by atoms with Crippen molar-refractivity contribution in [2.45, 2.75) is 50.2 Å². The molecule has 1 heterocycles. The second-order valence-electron chi connectivity index (χ2n) is 7.21. The number of nitrogens with one attached hydrogen (secondary N) is 1. The van der Waals surface area contributed by atoms with Crippen LogP contribution in [-0.2, 0) is 0 Å². The van der Waals surface area contributed by atoms with Crippen LogP contribution in [0, 0.1) is 17.8 Å². The zero-order chi connectivity index (χ0) is 13.4. The highest BCUT2D eigenvalue weighted by Gasteiger charge is 2.40. The van der Waals surface area contributed by atoms with Gasteiger partial charge in [0.05, 0.1) is 0 Å². The summed E-state index contributed by atoms with van der Waals surface area (Å²) in [5.74, 6) is 2.62. The minimum absolute atomic E-state index is 0.359. The third-order valence-corrected chi connectivity index (χ3v) is 5.76. The van der Waals surface area contributed by atoms with Crippen molar-refractivity contribution < 1.29 is 0 Å². The molecule has 0 amide bonds. The summed E-state index contributed by atoms with van der Waals surface area (Å²) in [6.07, 6.45) is 6.27. The van der Waals surface area contributed by atoms with Crippen LogP contribution in [0.5, 0.6) is 0 Å². The van der Waals surface area contributed by atoms with E-state index in [9.17, 15) is 0 Å². The van der Waals surface area contributed by atoms with Crippen molar-refractivity contribution in [2.75, 3.05) is 26.7 Å². The third kappa shape index (κ3) is 2.97. The Morgan fingerprint density at radius 1 is 1.05 bits per heavy atom. The maximum atomic E-state index is 6.16. The van der Waals surface area contributed by atoms with E-state index in [0.717, 1.165) is 17.8 Å². The maximum absolute atomic E-state index is 6.16. The summed E-state index contributed by atoms with van der Waals surface area (Å²) in [6.45, 7) is 3.88. The molecule has 2 aliphatic carbocycles. The molecule has 3 aliphatic rings. The summed E-state index contributed by atoms with van der Waals surface area (Å²) >= 11 is 0. The molecule has 110 valence electrons. The summed E-state index contributed by atoms with van der Waals surface area (Å²) in [5, 5.41) is 3.39. The smallest absolute Gasteiger partial charge is 0.0219 e. The number of nitrogens with zero attached hydrogens (tertiary/aromatic N) is 1. The third-order valence-electron chi connectivity index (χ3n) is 5.76. The molecule has 19 heavy (non-hydrogen) atoms. The average molecular weight is 266 g/mol. The molecule has 3 rings (SSSR count). The lowest BCUT2D eigenvalue weighted by Gasteiger charge is -2.36. The number of likely N-dealkylation sites (N-methyl/N-ethyl adjacent to an activating group) is 1. The van der Waals surface area contributed by atoms with Gasteiger partial charge in [0.1, 0.15) is 0 Å². The zero-order valence-corrected chi connectivity index (χ0v) is 12.2. The Morgan fingerprint density at radius 2 is 1.74 bits per heavy atom. The predicted octanol–water partition coefficient (Wildman–Crippen LogP) is 0.371. The van der Waals surface area contributed by atoms with Crippen LogP contribution in [-0.4, -0.2) is 49.7 Å². The molecule has 6 atom stereocenters. The zero-order valence-electron chi connectivity index (χ0n) is 12.2. The predicted molar refractivity (Wildman–Crippen MR) is 78.8 cm³/mol. The van der Waals surface area contributed by atoms with Crippen molar-refractivity contribution >= 4 is 0 Å². The van der Waals surface area contributed by atoms with Crippen LogP contribution < -0.4 is 16.8 Å². The number of nitrogens with two attached hydrogens (primary N) is 2. The summed E-state index contributed by atoms with van der Waals surface area (Å²) < 4.78 is 0. The minimum Gasteiger partial charge on any atom is -0.328 e. The van der Waals surface area contributed by atoms with Crippen LogP contribution in [0.3, 0.4) is 0 Å². The molecule has 0 spiro atoms. The van der Waals surface area contributed by atoms with Gasteiger partial charge in [0, 0.05) is 37.8 Å². The Morgan fingerprint density at radius 3 is 2.37 bits per heavy atom. The Hall–Kier alpha value is -0.160. The van der Waals surface area contributed by atoms with Crippen molar-refractivity contribution in [3.63, 3.8) is 0 Å². The average Bonchev–Trinajstić information content (AvgIpc) is 2.88. The molecule has 4 heteroatoms. The van der Waals surface area contributed by atoms with Crippen molar-refractivity contribution in [3.8, 4) is 0 Å². The Labute approximate surface area is 117 Å². The molecule has 1 saturated heterocycles. The Kier molecular flexibility index (Phi) is 4.13. The highest BCUT2D eigenvalue weighted by molar-refractivity contribution is 4.95. The first-order valence-electron chi connectivity index (χ1n) is 8.06. The topological polar surface area (TPSA) is 67.3 Å². The van der Waals surface area contributed by atoms with Gasteiger partial charge in [-0.1, -0.05) is 0 Å². The van der Waals surface area contributed by atoms with E-state index in [2.05, 4.69) is 17.3 Å². The first kappa shape index (κ1) is 13.8. The maximum Gasteiger partial charge on any atom is 0.0219 e. The summed E-state index contributed by atoms with van der Waals surface area (Å²) in [5.41, 5.74) is 12.2. The fraction of sp³-hybridized carbons (Fsp3) is 1.00. The molecule has 0 aromatic rings. The number of fused-ring (bicyclic) bond motifs is 1. The van der Waals surface area contributed by atoms with Crippen LogP contribution in [0.4, 0.5) is 0 Å². The SMILES string of the molecule is CN[C@@H]1CC(CN2C[C@H]3CC(N)C[C@H]3C2)CC[C@H]1N. The molecular formula is C15H30N4. The van der Waals surface area contributed by atoms with Crippen LogP contribution in [0.25, 0.3) is 0 Å². The van der Waals surface area contributed by atoms with Gasteiger partial charge in [-0.3, -0.25) is 0 Å². The van der Waals surface area contributed by atoms with Crippen molar-refractivity contribution in [2.24, 2.45) is 29.2 Å². The second kappa shape index (κ2) is 5.68. The largest absolute Gasteiger partial charge is 0.328 e. The van der Waals surface area contributed by atoms with Crippen molar-refractivity contribution in [1.82, 2.24) is 10.2 Å². The van der Waals surface area contributed by atoms with E-state index < -0.39 is 0 Å². The fourth-order valence-corrected chi connectivity index (χ4v) is 4.74. The first-order chi connectivity index (χ1) is 9.15. The summed E-state index contributed by atoms with van der Waals surface area (Å²) in [4.78, 5) is 2.70. The van der Waals surface area contributed by atoms with Gasteiger partial charge in [0.2, 0.25) is 0 Å². The van der Waals surface area contributed by atoms with Gasteiger partial charge in [0.25, 0.3) is 0 Å². The highest BCUT2D eigenvalue weighted by Crippen LogP contribution is 2.38. The lowest BCUT2D eigenvalue weighted by atomic mass is 9.82. The van der Waals surface area contributed by atoms with Crippen LogP contribution >= 0.6 is 0 Å². The summed E-state index contributed by atoms with van der Waals surface area (Å²) in [7, 11) is 2.05. The first-order valence-corrected chi connectivity index (χ1v) is 8.06. The summed E-state index contributed by atoms with van der Waals surface area (Å²) in [6, 6.07) is 1.37. The molecular weight excluding hydrogens is 236 g/mol. The van der Waals surface area contributed by atoms with E-state index in [4.69, 9.17) is 11.5 Å². The van der Waals surface area contributed by atoms with Gasteiger partial charge in [-0.05, 0) is 56.9 Å². The molecule has 3 fully saturated rings. The number of rotatable bonds is 3. The number of hydrogen-bond acceptors (Lipinski definition) is 4. The molecule has 5 N–H and O–H groups in total. The van der Waals surface area contributed by atoms with E-state index in [0.29, 0.717) is 18.1 Å². The van der Waals surface area contributed by atoms with E-state index >= 15 is 0 Å². The molecule has 0 bridgehead atoms. The van der Waals surface area contributed by atoms with E-state index in [-0.39, 0.29) is 0 Å². The van der Waals surface area contributed by atoms with E-state index in [1.165, 1.54) is 51.7 Å². The normalized spacial score (nSPS) is 47.5. The monoisotopic (exact) mass is 266 g/mol. The number of likely N-dealkylation sites (tertiary alicyclic amines) is 1. The highest BCUT2D eigenvalue weighted by atomic mass is 15.2. The minimum atomic E-state index is 0.359. The quantitative estimate of drug-likeness (QED) is 0.690. The van der Waals surface area contributed by atoms with Gasteiger partial charge in [-0.2, -0.15) is 0 Å². The second-order valence-corrected chi connectivity index (χ2v) is 7.21. The van der Waals surface area contributed by atoms with Crippen molar-refractivity contribution in [1.29, 1.82) is 0 Å². The molecule has 2 unspecified atom stereocenters. The Bertz CT molecular complexity index is 295. The van der Waals surface area contributed by atoms with Gasteiger partial charge >= 0.3 is 0 Å². The molecule has 1 aliphatic heterocycles. The van der Waals surface area contributed by atoms with Gasteiger partial charge in [0.15, 0.2) is 0 Å². The Balaban J connectivity index is 1.48. The van der Waals surface area contributed by atoms with E-state index in [1.807, 2.05) is 0 Å². The molecule has 4 nitrogen and oxygen atoms in total.